The fourth-order valence-corrected chi connectivity index (χ4v) is 3.83. The summed E-state index contributed by atoms with van der Waals surface area (Å²) in [6.07, 6.45) is 6.78. The van der Waals surface area contributed by atoms with Crippen molar-refractivity contribution >= 4 is 5.97 Å². The lowest BCUT2D eigenvalue weighted by molar-refractivity contribution is -0.141. The van der Waals surface area contributed by atoms with Gasteiger partial charge in [0.2, 0.25) is 0 Å². The van der Waals surface area contributed by atoms with Gasteiger partial charge in [-0.05, 0) is 36.7 Å². The van der Waals surface area contributed by atoms with Gasteiger partial charge in [-0.2, -0.15) is 0 Å². The van der Waals surface area contributed by atoms with Crippen molar-refractivity contribution in [2.75, 3.05) is 0 Å². The van der Waals surface area contributed by atoms with Crippen molar-refractivity contribution in [1.29, 1.82) is 0 Å². The van der Waals surface area contributed by atoms with Crippen molar-refractivity contribution < 1.29 is 14.6 Å². The summed E-state index contributed by atoms with van der Waals surface area (Å²) in [5.41, 5.74) is 1.25. The predicted octanol–water partition coefficient (Wildman–Crippen LogP) is 3.12. The fraction of sp³-hybridized carbons (Fsp3) is 0.526. The predicted molar refractivity (Wildman–Crippen MR) is 85.2 cm³/mol. The van der Waals surface area contributed by atoms with Gasteiger partial charge >= 0.3 is 5.97 Å². The van der Waals surface area contributed by atoms with E-state index in [1.807, 2.05) is 24.3 Å². The van der Waals surface area contributed by atoms with Crippen LogP contribution in [0.4, 0.5) is 0 Å². The standard InChI is InChI=1S/C19H24O3/c1-13-11-18-17(12-19(21)22-18)16(13)10-9-15(20)8-7-14-5-3-2-4-6-14/h2-6,9-10,13,15-18,20H,7-8,11-12H2,1H3. The molecule has 0 radical (unpaired) electrons. The van der Waals surface area contributed by atoms with Crippen LogP contribution >= 0.6 is 0 Å². The number of carbonyl (C=O) groups excluding carboxylic acids is 1. The highest BCUT2D eigenvalue weighted by molar-refractivity contribution is 5.72. The lowest BCUT2D eigenvalue weighted by atomic mass is 9.88. The fourth-order valence-electron chi connectivity index (χ4n) is 3.83. The van der Waals surface area contributed by atoms with E-state index in [2.05, 4.69) is 25.1 Å². The maximum absolute atomic E-state index is 11.4. The third-order valence-corrected chi connectivity index (χ3v) is 5.05. The Morgan fingerprint density at radius 1 is 1.36 bits per heavy atom. The highest BCUT2D eigenvalue weighted by Crippen LogP contribution is 2.45. The first-order valence-corrected chi connectivity index (χ1v) is 8.23. The quantitative estimate of drug-likeness (QED) is 0.671. The molecule has 3 heteroatoms. The van der Waals surface area contributed by atoms with Gasteiger partial charge in [-0.25, -0.2) is 0 Å². The van der Waals surface area contributed by atoms with Crippen LogP contribution in [0.3, 0.4) is 0 Å². The first-order chi connectivity index (χ1) is 10.6. The molecule has 1 saturated carbocycles. The number of rotatable bonds is 5. The molecular formula is C19H24O3. The molecular weight excluding hydrogens is 276 g/mol. The first-order valence-electron chi connectivity index (χ1n) is 8.23. The Bertz CT molecular complexity index is 537. The van der Waals surface area contributed by atoms with Crippen LogP contribution in [0.15, 0.2) is 42.5 Å². The second-order valence-electron chi connectivity index (χ2n) is 6.66. The van der Waals surface area contributed by atoms with Crippen LogP contribution < -0.4 is 0 Å². The SMILES string of the molecule is CC1CC2OC(=O)CC2C1C=CC(O)CCc1ccccc1. The third-order valence-electron chi connectivity index (χ3n) is 5.05. The van der Waals surface area contributed by atoms with Crippen LogP contribution in [0.2, 0.25) is 0 Å². The number of aryl methyl sites for hydroxylation is 1. The number of aliphatic hydroxyl groups is 1. The maximum Gasteiger partial charge on any atom is 0.306 e. The van der Waals surface area contributed by atoms with Crippen LogP contribution in [0, 0.1) is 17.8 Å². The second-order valence-corrected chi connectivity index (χ2v) is 6.66. The molecule has 0 aromatic heterocycles. The molecule has 1 aliphatic carbocycles. The van der Waals surface area contributed by atoms with Gasteiger partial charge in [-0.3, -0.25) is 4.79 Å². The van der Waals surface area contributed by atoms with Crippen LogP contribution in [0.5, 0.6) is 0 Å². The Kier molecular flexibility index (Phi) is 4.63. The molecule has 3 nitrogen and oxygen atoms in total. The summed E-state index contributed by atoms with van der Waals surface area (Å²) in [5.74, 6) is 1.11. The molecule has 0 bridgehead atoms. The number of carbonyl (C=O) groups is 1. The average molecular weight is 300 g/mol. The van der Waals surface area contributed by atoms with Crippen LogP contribution in [0.25, 0.3) is 0 Å². The molecule has 5 atom stereocenters. The topological polar surface area (TPSA) is 46.5 Å². The molecule has 1 heterocycles. The van der Waals surface area contributed by atoms with E-state index in [9.17, 15) is 9.90 Å². The smallest absolute Gasteiger partial charge is 0.306 e. The number of allylic oxidation sites excluding steroid dienone is 1. The summed E-state index contributed by atoms with van der Waals surface area (Å²) in [6, 6.07) is 10.2. The molecule has 1 aromatic rings. The molecule has 1 aliphatic heterocycles. The minimum Gasteiger partial charge on any atom is -0.462 e. The van der Waals surface area contributed by atoms with Gasteiger partial charge in [0.05, 0.1) is 12.5 Å². The molecule has 1 N–H and O–H groups in total. The van der Waals surface area contributed by atoms with Gasteiger partial charge in [0.1, 0.15) is 6.10 Å². The minimum absolute atomic E-state index is 0.0649. The number of hydrogen-bond donors (Lipinski definition) is 1. The van der Waals surface area contributed by atoms with Crippen LogP contribution in [0.1, 0.15) is 31.7 Å². The summed E-state index contributed by atoms with van der Waals surface area (Å²) in [7, 11) is 0. The molecule has 0 spiro atoms. The normalized spacial score (nSPS) is 32.2. The number of benzene rings is 1. The molecule has 5 unspecified atom stereocenters. The minimum atomic E-state index is -0.426. The third kappa shape index (κ3) is 3.41. The lowest BCUT2D eigenvalue weighted by Crippen LogP contribution is -2.14. The van der Waals surface area contributed by atoms with Crippen LogP contribution in [-0.4, -0.2) is 23.3 Å². The van der Waals surface area contributed by atoms with E-state index >= 15 is 0 Å². The van der Waals surface area contributed by atoms with Gasteiger partial charge in [0.25, 0.3) is 0 Å². The van der Waals surface area contributed by atoms with E-state index in [-0.39, 0.29) is 12.1 Å². The van der Waals surface area contributed by atoms with Gasteiger partial charge in [-0.15, -0.1) is 0 Å². The average Bonchev–Trinajstić information content (AvgIpc) is 2.99. The Balaban J connectivity index is 1.53. The Labute approximate surface area is 132 Å². The number of esters is 1. The Morgan fingerprint density at radius 2 is 2.14 bits per heavy atom. The first kappa shape index (κ1) is 15.3. The second kappa shape index (κ2) is 6.66. The van der Waals surface area contributed by atoms with Crippen molar-refractivity contribution in [3.8, 4) is 0 Å². The van der Waals surface area contributed by atoms with Crippen LogP contribution in [-0.2, 0) is 16.0 Å². The van der Waals surface area contributed by atoms with Crippen molar-refractivity contribution in [1.82, 2.24) is 0 Å². The Morgan fingerprint density at radius 3 is 2.91 bits per heavy atom. The zero-order chi connectivity index (χ0) is 15.5. The highest BCUT2D eigenvalue weighted by Gasteiger charge is 2.47. The monoisotopic (exact) mass is 300 g/mol. The summed E-state index contributed by atoms with van der Waals surface area (Å²) < 4.78 is 5.36. The van der Waals surface area contributed by atoms with E-state index in [0.29, 0.717) is 24.2 Å². The van der Waals surface area contributed by atoms with Crippen molar-refractivity contribution in [3.05, 3.63) is 48.0 Å². The summed E-state index contributed by atoms with van der Waals surface area (Å²) in [5, 5.41) is 10.2. The molecule has 0 amide bonds. The maximum atomic E-state index is 11.4. The summed E-state index contributed by atoms with van der Waals surface area (Å²) in [4.78, 5) is 11.4. The zero-order valence-electron chi connectivity index (χ0n) is 13.0. The van der Waals surface area contributed by atoms with E-state index in [4.69, 9.17) is 4.74 Å². The highest BCUT2D eigenvalue weighted by atomic mass is 16.6. The number of hydrogen-bond acceptors (Lipinski definition) is 3. The van der Waals surface area contributed by atoms with Crippen molar-refractivity contribution in [2.24, 2.45) is 17.8 Å². The molecule has 22 heavy (non-hydrogen) atoms. The summed E-state index contributed by atoms with van der Waals surface area (Å²) >= 11 is 0. The number of aliphatic hydroxyl groups excluding tert-OH is 1. The Hall–Kier alpha value is -1.61. The molecule has 3 rings (SSSR count). The van der Waals surface area contributed by atoms with Crippen molar-refractivity contribution in [2.45, 2.75) is 44.8 Å². The van der Waals surface area contributed by atoms with Gasteiger partial charge in [0.15, 0.2) is 0 Å². The van der Waals surface area contributed by atoms with E-state index in [0.717, 1.165) is 19.3 Å². The van der Waals surface area contributed by atoms with E-state index < -0.39 is 6.10 Å². The molecule has 2 fully saturated rings. The van der Waals surface area contributed by atoms with Gasteiger partial charge in [0, 0.05) is 5.92 Å². The molecule has 1 saturated heterocycles. The van der Waals surface area contributed by atoms with Gasteiger partial charge < -0.3 is 9.84 Å². The van der Waals surface area contributed by atoms with E-state index in [1.54, 1.807) is 0 Å². The lowest BCUT2D eigenvalue weighted by Gasteiger charge is -2.16. The zero-order valence-corrected chi connectivity index (χ0v) is 13.0. The largest absolute Gasteiger partial charge is 0.462 e. The van der Waals surface area contributed by atoms with Gasteiger partial charge in [-0.1, -0.05) is 49.4 Å². The molecule has 2 aliphatic rings. The number of ether oxygens (including phenoxy) is 1. The molecule has 1 aromatic carbocycles. The van der Waals surface area contributed by atoms with E-state index in [1.165, 1.54) is 5.56 Å². The number of fused-ring (bicyclic) bond motifs is 1. The summed E-state index contributed by atoms with van der Waals surface area (Å²) in [6.45, 7) is 2.21. The van der Waals surface area contributed by atoms with Crippen molar-refractivity contribution in [3.63, 3.8) is 0 Å². The molecule has 118 valence electrons.